The van der Waals surface area contributed by atoms with Crippen LogP contribution in [-0.4, -0.2) is 46.6 Å². The summed E-state index contributed by atoms with van der Waals surface area (Å²) < 4.78 is 11.3. The fourth-order valence-corrected chi connectivity index (χ4v) is 5.09. The van der Waals surface area contributed by atoms with Crippen LogP contribution in [0.1, 0.15) is 46.5 Å². The summed E-state index contributed by atoms with van der Waals surface area (Å²) in [6.07, 6.45) is 0.778. The number of carbonyl (C=O) groups excluding carboxylic acids is 2. The molecule has 2 N–H and O–H groups in total. The minimum absolute atomic E-state index is 0.112. The van der Waals surface area contributed by atoms with Crippen molar-refractivity contribution in [2.45, 2.75) is 64.3 Å². The van der Waals surface area contributed by atoms with E-state index in [0.29, 0.717) is 31.3 Å². The third-order valence-corrected chi connectivity index (χ3v) is 6.70. The fraction of sp³-hybridized carbons (Fsp3) is 0.789. The van der Waals surface area contributed by atoms with Crippen molar-refractivity contribution in [1.82, 2.24) is 0 Å². The van der Waals surface area contributed by atoms with Crippen molar-refractivity contribution in [3.63, 3.8) is 0 Å². The largest absolute Gasteiger partial charge is 0.461 e. The first kappa shape index (κ1) is 18.4. The lowest BCUT2D eigenvalue weighted by molar-refractivity contribution is -0.214. The minimum Gasteiger partial charge on any atom is -0.461 e. The highest BCUT2D eigenvalue weighted by molar-refractivity contribution is 5.91. The Balaban J connectivity index is 2.08. The average Bonchev–Trinajstić information content (AvgIpc) is 2.98. The van der Waals surface area contributed by atoms with E-state index in [-0.39, 0.29) is 23.7 Å². The zero-order chi connectivity index (χ0) is 18.6. The summed E-state index contributed by atoms with van der Waals surface area (Å²) >= 11 is 0. The highest BCUT2D eigenvalue weighted by Crippen LogP contribution is 2.61. The molecule has 2 aliphatic carbocycles. The lowest BCUT2D eigenvalue weighted by Crippen LogP contribution is -2.62. The molecule has 0 aromatic rings. The molecule has 0 amide bonds. The number of fused-ring (bicyclic) bond motifs is 3. The Morgan fingerprint density at radius 2 is 2.08 bits per heavy atom. The summed E-state index contributed by atoms with van der Waals surface area (Å²) in [5.41, 5.74) is -2.09. The van der Waals surface area contributed by atoms with Crippen LogP contribution in [0.3, 0.4) is 0 Å². The molecule has 0 bridgehead atoms. The van der Waals surface area contributed by atoms with E-state index < -0.39 is 35.8 Å². The number of ether oxygens (including phenoxy) is 2. The van der Waals surface area contributed by atoms with Gasteiger partial charge in [0.05, 0.1) is 23.5 Å². The van der Waals surface area contributed by atoms with Crippen molar-refractivity contribution in [1.29, 1.82) is 0 Å². The smallest absolute Gasteiger partial charge is 0.334 e. The van der Waals surface area contributed by atoms with Gasteiger partial charge < -0.3 is 19.7 Å². The van der Waals surface area contributed by atoms with Crippen LogP contribution < -0.4 is 0 Å². The maximum absolute atomic E-state index is 12.2. The van der Waals surface area contributed by atoms with Gasteiger partial charge in [-0.25, -0.2) is 4.79 Å². The summed E-state index contributed by atoms with van der Waals surface area (Å²) in [4.78, 5) is 24.3. The van der Waals surface area contributed by atoms with Crippen molar-refractivity contribution in [2.24, 2.45) is 23.2 Å². The van der Waals surface area contributed by atoms with Crippen molar-refractivity contribution < 1.29 is 29.3 Å². The normalized spacial score (nSPS) is 43.4. The number of aliphatic hydroxyl groups excluding tert-OH is 1. The lowest BCUT2D eigenvalue weighted by atomic mass is 9.64. The lowest BCUT2D eigenvalue weighted by Gasteiger charge is -2.48. The van der Waals surface area contributed by atoms with E-state index in [4.69, 9.17) is 9.47 Å². The molecular weight excluding hydrogens is 324 g/mol. The van der Waals surface area contributed by atoms with E-state index in [1.54, 1.807) is 13.8 Å². The first-order valence-electron chi connectivity index (χ1n) is 9.12. The molecular formula is C19H28O6. The molecule has 1 aliphatic heterocycles. The van der Waals surface area contributed by atoms with Crippen LogP contribution in [0, 0.1) is 23.2 Å². The van der Waals surface area contributed by atoms with Gasteiger partial charge in [0.2, 0.25) is 0 Å². The van der Waals surface area contributed by atoms with Crippen LogP contribution in [0.2, 0.25) is 0 Å². The highest BCUT2D eigenvalue weighted by Gasteiger charge is 2.71. The van der Waals surface area contributed by atoms with Gasteiger partial charge in [-0.3, -0.25) is 4.79 Å². The summed E-state index contributed by atoms with van der Waals surface area (Å²) in [5, 5.41) is 22.0. The van der Waals surface area contributed by atoms with Gasteiger partial charge in [-0.15, -0.1) is 0 Å². The maximum atomic E-state index is 12.2. The van der Waals surface area contributed by atoms with Crippen molar-refractivity contribution >= 4 is 11.9 Å². The van der Waals surface area contributed by atoms with Gasteiger partial charge in [-0.05, 0) is 31.6 Å². The monoisotopic (exact) mass is 352 g/mol. The van der Waals surface area contributed by atoms with Crippen molar-refractivity contribution in [3.05, 3.63) is 12.2 Å². The highest BCUT2D eigenvalue weighted by atomic mass is 16.6. The molecule has 6 unspecified atom stereocenters. The minimum atomic E-state index is -1.26. The summed E-state index contributed by atoms with van der Waals surface area (Å²) in [7, 11) is 0. The van der Waals surface area contributed by atoms with Gasteiger partial charge in [0.15, 0.2) is 0 Å². The predicted molar refractivity (Wildman–Crippen MR) is 89.3 cm³/mol. The number of esters is 2. The van der Waals surface area contributed by atoms with Gasteiger partial charge in [0.25, 0.3) is 0 Å². The van der Waals surface area contributed by atoms with E-state index in [1.807, 2.05) is 6.92 Å². The van der Waals surface area contributed by atoms with Crippen LogP contribution >= 0.6 is 0 Å². The molecule has 3 aliphatic rings. The number of aliphatic hydroxyl groups is 2. The third kappa shape index (κ3) is 2.37. The quantitative estimate of drug-likeness (QED) is 0.592. The molecule has 0 radical (unpaired) electrons. The van der Waals surface area contributed by atoms with Gasteiger partial charge in [0, 0.05) is 11.5 Å². The second-order valence-electron chi connectivity index (χ2n) is 8.18. The maximum Gasteiger partial charge on any atom is 0.334 e. The van der Waals surface area contributed by atoms with E-state index >= 15 is 0 Å². The second kappa shape index (κ2) is 6.09. The van der Waals surface area contributed by atoms with Gasteiger partial charge in [0.1, 0.15) is 12.2 Å². The number of rotatable bonds is 3. The predicted octanol–water partition coefficient (Wildman–Crippen LogP) is 1.59. The van der Waals surface area contributed by atoms with E-state index in [9.17, 15) is 19.8 Å². The third-order valence-electron chi connectivity index (χ3n) is 6.70. The molecule has 140 valence electrons. The molecule has 3 fully saturated rings. The molecule has 0 aromatic carbocycles. The summed E-state index contributed by atoms with van der Waals surface area (Å²) in [6.45, 7) is 8.88. The molecule has 6 nitrogen and oxygen atoms in total. The zero-order valence-corrected chi connectivity index (χ0v) is 15.2. The van der Waals surface area contributed by atoms with Crippen LogP contribution in [0.25, 0.3) is 0 Å². The summed E-state index contributed by atoms with van der Waals surface area (Å²) in [6, 6.07) is 0. The standard InChI is InChI=1S/C19H28O6/c1-10(2)16(21)24-14-7-8-19(23)11(3)5-6-13-12(4)17(22)25-15(13)18(14,19)9-20/h10-11,13-15,20,23H,4-9H2,1-3H3. The molecule has 2 saturated carbocycles. The van der Waals surface area contributed by atoms with Gasteiger partial charge in [-0.1, -0.05) is 27.4 Å². The molecule has 1 saturated heterocycles. The zero-order valence-electron chi connectivity index (χ0n) is 15.2. The number of hydrogen-bond acceptors (Lipinski definition) is 6. The number of carbonyl (C=O) groups is 2. The topological polar surface area (TPSA) is 93.1 Å². The first-order chi connectivity index (χ1) is 11.7. The summed E-state index contributed by atoms with van der Waals surface area (Å²) in [5.74, 6) is -1.56. The van der Waals surface area contributed by atoms with E-state index in [0.717, 1.165) is 0 Å². The Morgan fingerprint density at radius 3 is 2.68 bits per heavy atom. The second-order valence-corrected chi connectivity index (χ2v) is 8.18. The molecule has 6 heteroatoms. The molecule has 1 heterocycles. The van der Waals surface area contributed by atoms with E-state index in [1.165, 1.54) is 0 Å². The Labute approximate surface area is 148 Å². The van der Waals surface area contributed by atoms with Crippen LogP contribution in [-0.2, 0) is 19.1 Å². The fourth-order valence-electron chi connectivity index (χ4n) is 5.09. The Bertz CT molecular complexity index is 599. The first-order valence-corrected chi connectivity index (χ1v) is 9.12. The molecule has 25 heavy (non-hydrogen) atoms. The van der Waals surface area contributed by atoms with Crippen LogP contribution in [0.15, 0.2) is 12.2 Å². The van der Waals surface area contributed by atoms with E-state index in [2.05, 4.69) is 6.58 Å². The van der Waals surface area contributed by atoms with Crippen molar-refractivity contribution in [2.75, 3.05) is 6.61 Å². The molecule has 0 spiro atoms. The van der Waals surface area contributed by atoms with Crippen LogP contribution in [0.5, 0.6) is 0 Å². The van der Waals surface area contributed by atoms with Gasteiger partial charge in [-0.2, -0.15) is 0 Å². The van der Waals surface area contributed by atoms with Crippen LogP contribution in [0.4, 0.5) is 0 Å². The molecule has 6 atom stereocenters. The molecule has 3 rings (SSSR count). The average molecular weight is 352 g/mol. The Kier molecular flexibility index (Phi) is 4.48. The SMILES string of the molecule is C=C1C(=O)OC2C1CCC(C)C1(O)CCC(OC(=O)C(C)C)C21CO. The van der Waals surface area contributed by atoms with Gasteiger partial charge >= 0.3 is 11.9 Å². The Morgan fingerprint density at radius 1 is 1.40 bits per heavy atom. The molecule has 0 aromatic heterocycles. The van der Waals surface area contributed by atoms with Crippen molar-refractivity contribution in [3.8, 4) is 0 Å². The number of hydrogen-bond donors (Lipinski definition) is 2. The Hall–Kier alpha value is -1.40.